The fraction of sp³-hybridized carbons (Fsp3) is 0.385. The Hall–Kier alpha value is -2.02. The van der Waals surface area contributed by atoms with E-state index in [0.717, 1.165) is 6.42 Å². The van der Waals surface area contributed by atoms with E-state index in [4.69, 9.17) is 9.84 Å². The molecule has 2 N–H and O–H groups in total. The summed E-state index contributed by atoms with van der Waals surface area (Å²) in [6.07, 6.45) is 1.46. The van der Waals surface area contributed by atoms with E-state index in [1.165, 1.54) is 0 Å². The van der Waals surface area contributed by atoms with Crippen molar-refractivity contribution < 1.29 is 28.2 Å². The van der Waals surface area contributed by atoms with Gasteiger partial charge in [-0.05, 0) is 25.0 Å². The minimum atomic E-state index is -1.49. The molecule has 1 unspecified atom stereocenters. The maximum absolute atomic E-state index is 13.2. The maximum atomic E-state index is 13.2. The van der Waals surface area contributed by atoms with Gasteiger partial charge in [0.25, 0.3) is 5.91 Å². The number of carboxylic acids is 1. The van der Waals surface area contributed by atoms with Crippen molar-refractivity contribution >= 4 is 11.9 Å². The zero-order valence-corrected chi connectivity index (χ0v) is 10.5. The Morgan fingerprint density at radius 3 is 2.45 bits per heavy atom. The molecule has 0 bridgehead atoms. The van der Waals surface area contributed by atoms with Gasteiger partial charge in [0, 0.05) is 6.61 Å². The number of carbonyl (C=O) groups excluding carboxylic acids is 1. The van der Waals surface area contributed by atoms with Crippen molar-refractivity contribution in [1.82, 2.24) is 5.32 Å². The summed E-state index contributed by atoms with van der Waals surface area (Å²) in [5.74, 6) is -4.81. The minimum absolute atomic E-state index is 0.258. The molecule has 1 heterocycles. The van der Waals surface area contributed by atoms with Crippen LogP contribution in [0.3, 0.4) is 0 Å². The predicted octanol–water partition coefficient (Wildman–Crippen LogP) is 1.57. The van der Waals surface area contributed by atoms with E-state index < -0.39 is 34.6 Å². The van der Waals surface area contributed by atoms with Crippen LogP contribution < -0.4 is 5.32 Å². The first-order chi connectivity index (χ1) is 9.49. The zero-order chi connectivity index (χ0) is 14.7. The summed E-state index contributed by atoms with van der Waals surface area (Å²) in [6.45, 7) is 0.926. The van der Waals surface area contributed by atoms with Gasteiger partial charge >= 0.3 is 5.97 Å². The Kier molecular flexibility index (Phi) is 4.29. The second-order valence-corrected chi connectivity index (χ2v) is 4.50. The van der Waals surface area contributed by atoms with Crippen LogP contribution in [-0.2, 0) is 4.74 Å². The zero-order valence-electron chi connectivity index (χ0n) is 10.5. The van der Waals surface area contributed by atoms with Crippen LogP contribution in [0.25, 0.3) is 0 Å². The lowest BCUT2D eigenvalue weighted by Gasteiger charge is -2.23. The Morgan fingerprint density at radius 1 is 1.25 bits per heavy atom. The molecule has 1 fully saturated rings. The van der Waals surface area contributed by atoms with Crippen LogP contribution in [0.2, 0.25) is 0 Å². The number of carbonyl (C=O) groups is 2. The van der Waals surface area contributed by atoms with Crippen LogP contribution in [0.15, 0.2) is 12.1 Å². The summed E-state index contributed by atoms with van der Waals surface area (Å²) in [5, 5.41) is 11.5. The highest BCUT2D eigenvalue weighted by Crippen LogP contribution is 2.16. The van der Waals surface area contributed by atoms with Crippen LogP contribution >= 0.6 is 0 Å². The van der Waals surface area contributed by atoms with Crippen molar-refractivity contribution in [2.45, 2.75) is 18.9 Å². The van der Waals surface area contributed by atoms with Crippen LogP contribution in [-0.4, -0.2) is 36.2 Å². The van der Waals surface area contributed by atoms with Gasteiger partial charge in [-0.3, -0.25) is 4.79 Å². The lowest BCUT2D eigenvalue weighted by Crippen LogP contribution is -2.41. The molecule has 1 amide bonds. The highest BCUT2D eigenvalue weighted by molar-refractivity contribution is 6.04. The summed E-state index contributed by atoms with van der Waals surface area (Å²) in [5.41, 5.74) is -0.972. The first kappa shape index (κ1) is 14.4. The molecule has 1 aliphatic rings. The van der Waals surface area contributed by atoms with Crippen molar-refractivity contribution in [3.63, 3.8) is 0 Å². The second-order valence-electron chi connectivity index (χ2n) is 4.50. The molecule has 2 rings (SSSR count). The Balaban J connectivity index is 2.23. The standard InChI is InChI=1S/C13H13F2NO4/c14-10-4-8(9(13(18)19)5-11(10)15)12(17)16-7-2-1-3-20-6-7/h4-5,7H,1-3,6H2,(H,16,17)(H,18,19). The summed E-state index contributed by atoms with van der Waals surface area (Å²) in [4.78, 5) is 23.0. The van der Waals surface area contributed by atoms with E-state index in [0.29, 0.717) is 31.8 Å². The summed E-state index contributed by atoms with van der Waals surface area (Å²) >= 11 is 0. The first-order valence-corrected chi connectivity index (χ1v) is 6.10. The molecule has 7 heteroatoms. The third kappa shape index (κ3) is 3.11. The van der Waals surface area contributed by atoms with Crippen molar-refractivity contribution in [2.24, 2.45) is 0 Å². The Labute approximate surface area is 113 Å². The predicted molar refractivity (Wildman–Crippen MR) is 64.6 cm³/mol. The van der Waals surface area contributed by atoms with Crippen molar-refractivity contribution in [1.29, 1.82) is 0 Å². The largest absolute Gasteiger partial charge is 0.478 e. The van der Waals surface area contributed by atoms with Gasteiger partial charge in [0.05, 0.1) is 23.8 Å². The maximum Gasteiger partial charge on any atom is 0.336 e. The molecular weight excluding hydrogens is 272 g/mol. The van der Waals surface area contributed by atoms with E-state index in [1.54, 1.807) is 0 Å². The van der Waals surface area contributed by atoms with Gasteiger partial charge in [-0.1, -0.05) is 0 Å². The highest BCUT2D eigenvalue weighted by atomic mass is 19.2. The van der Waals surface area contributed by atoms with Crippen LogP contribution in [0, 0.1) is 11.6 Å². The topological polar surface area (TPSA) is 75.6 Å². The van der Waals surface area contributed by atoms with E-state index in [-0.39, 0.29) is 6.04 Å². The fourth-order valence-electron chi connectivity index (χ4n) is 2.03. The third-order valence-corrected chi connectivity index (χ3v) is 3.03. The molecule has 1 saturated heterocycles. The second kappa shape index (κ2) is 5.96. The van der Waals surface area contributed by atoms with Gasteiger partial charge < -0.3 is 15.2 Å². The molecule has 0 saturated carbocycles. The first-order valence-electron chi connectivity index (χ1n) is 6.10. The average Bonchev–Trinajstić information content (AvgIpc) is 2.42. The average molecular weight is 285 g/mol. The number of halogens is 2. The number of carboxylic acid groups (broad SMARTS) is 1. The quantitative estimate of drug-likeness (QED) is 0.884. The Morgan fingerprint density at radius 2 is 1.90 bits per heavy atom. The normalized spacial score (nSPS) is 18.6. The van der Waals surface area contributed by atoms with Crippen molar-refractivity contribution in [3.8, 4) is 0 Å². The van der Waals surface area contributed by atoms with Gasteiger partial charge in [-0.15, -0.1) is 0 Å². The third-order valence-electron chi connectivity index (χ3n) is 3.03. The van der Waals surface area contributed by atoms with Gasteiger partial charge in [0.1, 0.15) is 0 Å². The van der Waals surface area contributed by atoms with Gasteiger partial charge in [0.2, 0.25) is 0 Å². The fourth-order valence-corrected chi connectivity index (χ4v) is 2.03. The molecular formula is C13H13F2NO4. The number of aromatic carboxylic acids is 1. The molecule has 0 radical (unpaired) electrons. The van der Waals surface area contributed by atoms with Crippen LogP contribution in [0.5, 0.6) is 0 Å². The summed E-state index contributed by atoms with van der Waals surface area (Å²) < 4.78 is 31.4. The monoisotopic (exact) mass is 285 g/mol. The number of hydrogen-bond donors (Lipinski definition) is 2. The number of ether oxygens (including phenoxy) is 1. The number of benzene rings is 1. The Bertz CT molecular complexity index is 541. The molecule has 0 aromatic heterocycles. The van der Waals surface area contributed by atoms with Gasteiger partial charge in [-0.2, -0.15) is 0 Å². The molecule has 0 aliphatic carbocycles. The van der Waals surface area contributed by atoms with Gasteiger partial charge in [0.15, 0.2) is 11.6 Å². The SMILES string of the molecule is O=C(O)c1cc(F)c(F)cc1C(=O)NC1CCCOC1. The number of hydrogen-bond acceptors (Lipinski definition) is 3. The van der Waals surface area contributed by atoms with Gasteiger partial charge in [-0.25, -0.2) is 13.6 Å². The smallest absolute Gasteiger partial charge is 0.336 e. The molecule has 1 aromatic carbocycles. The lowest BCUT2D eigenvalue weighted by molar-refractivity contribution is 0.0616. The minimum Gasteiger partial charge on any atom is -0.478 e. The van der Waals surface area contributed by atoms with E-state index in [1.807, 2.05) is 0 Å². The van der Waals surface area contributed by atoms with Crippen molar-refractivity contribution in [2.75, 3.05) is 13.2 Å². The molecule has 1 atom stereocenters. The van der Waals surface area contributed by atoms with Crippen molar-refractivity contribution in [3.05, 3.63) is 34.9 Å². The molecule has 1 aliphatic heterocycles. The lowest BCUT2D eigenvalue weighted by atomic mass is 10.0. The molecule has 1 aromatic rings. The number of amides is 1. The summed E-state index contributed by atoms with van der Waals surface area (Å²) in [7, 11) is 0. The highest BCUT2D eigenvalue weighted by Gasteiger charge is 2.23. The number of nitrogens with one attached hydrogen (secondary N) is 1. The molecule has 5 nitrogen and oxygen atoms in total. The van der Waals surface area contributed by atoms with Crippen LogP contribution in [0.1, 0.15) is 33.6 Å². The number of rotatable bonds is 3. The van der Waals surface area contributed by atoms with E-state index >= 15 is 0 Å². The van der Waals surface area contributed by atoms with Crippen LogP contribution in [0.4, 0.5) is 8.78 Å². The molecule has 0 spiro atoms. The van der Waals surface area contributed by atoms with E-state index in [2.05, 4.69) is 5.32 Å². The summed E-state index contributed by atoms with van der Waals surface area (Å²) in [6, 6.07) is 0.841. The molecule has 20 heavy (non-hydrogen) atoms. The molecule has 108 valence electrons. The van der Waals surface area contributed by atoms with E-state index in [9.17, 15) is 18.4 Å².